The highest BCUT2D eigenvalue weighted by Gasteiger charge is 2.34. The number of ether oxygens (including phenoxy) is 1. The lowest BCUT2D eigenvalue weighted by Gasteiger charge is -2.14. The second-order valence-electron chi connectivity index (χ2n) is 5.34. The van der Waals surface area contributed by atoms with Gasteiger partial charge in [-0.05, 0) is 60.5 Å². The van der Waals surface area contributed by atoms with Gasteiger partial charge < -0.3 is 4.74 Å². The van der Waals surface area contributed by atoms with Crippen LogP contribution in [0.3, 0.4) is 0 Å². The Kier molecular flexibility index (Phi) is 4.04. The number of anilines is 1. The smallest absolute Gasteiger partial charge is 0.282 e. The van der Waals surface area contributed by atoms with Crippen molar-refractivity contribution >= 4 is 23.6 Å². The van der Waals surface area contributed by atoms with E-state index in [0.29, 0.717) is 11.3 Å². The lowest BCUT2D eigenvalue weighted by atomic mass is 10.1. The third-order valence-corrected chi connectivity index (χ3v) is 3.71. The van der Waals surface area contributed by atoms with Crippen molar-refractivity contribution in [2.24, 2.45) is 0 Å². The van der Waals surface area contributed by atoms with Gasteiger partial charge in [-0.15, -0.1) is 0 Å². The monoisotopic (exact) mass is 326 g/mol. The van der Waals surface area contributed by atoms with Gasteiger partial charge in [-0.3, -0.25) is 15.0 Å². The van der Waals surface area contributed by atoms with Crippen LogP contribution < -0.4 is 15.2 Å². The first-order valence-corrected chi connectivity index (χ1v) is 7.27. The Balaban J connectivity index is 1.91. The van der Waals surface area contributed by atoms with E-state index >= 15 is 0 Å². The summed E-state index contributed by atoms with van der Waals surface area (Å²) >= 11 is 0. The predicted octanol–water partition coefficient (Wildman–Crippen LogP) is 2.60. The number of nitrogens with zero attached hydrogens (tertiary/aromatic N) is 1. The quantitative estimate of drug-likeness (QED) is 0.697. The number of hydrogen-bond acceptors (Lipinski definition) is 3. The van der Waals surface area contributed by atoms with E-state index in [0.717, 1.165) is 16.3 Å². The number of methoxy groups -OCH3 is 1. The van der Waals surface area contributed by atoms with Gasteiger partial charge in [-0.1, -0.05) is 6.07 Å². The van der Waals surface area contributed by atoms with E-state index in [4.69, 9.17) is 4.74 Å². The summed E-state index contributed by atoms with van der Waals surface area (Å²) in [5.41, 5.74) is 4.50. The van der Waals surface area contributed by atoms with Crippen molar-refractivity contribution in [3.63, 3.8) is 0 Å². The molecular weight excluding hydrogens is 311 g/mol. The molecule has 0 spiro atoms. The van der Waals surface area contributed by atoms with E-state index < -0.39 is 17.6 Å². The van der Waals surface area contributed by atoms with Crippen molar-refractivity contribution in [1.82, 2.24) is 5.43 Å². The van der Waals surface area contributed by atoms with Crippen LogP contribution in [0.2, 0.25) is 0 Å². The molecule has 2 aromatic rings. The topological polar surface area (TPSA) is 58.6 Å². The van der Waals surface area contributed by atoms with E-state index in [-0.39, 0.29) is 5.57 Å². The van der Waals surface area contributed by atoms with E-state index in [2.05, 4.69) is 5.43 Å². The molecule has 1 fully saturated rings. The Labute approximate surface area is 138 Å². The largest absolute Gasteiger partial charge is 0.496 e. The highest BCUT2D eigenvalue weighted by molar-refractivity contribution is 6.31. The van der Waals surface area contributed by atoms with Crippen LogP contribution in [0.4, 0.5) is 10.1 Å². The summed E-state index contributed by atoms with van der Waals surface area (Å²) in [7, 11) is 1.58. The van der Waals surface area contributed by atoms with Crippen LogP contribution in [0.5, 0.6) is 5.75 Å². The van der Waals surface area contributed by atoms with Crippen LogP contribution in [-0.2, 0) is 9.59 Å². The first kappa shape index (κ1) is 15.7. The molecule has 6 heteroatoms. The molecule has 0 aliphatic carbocycles. The Bertz CT molecular complexity index is 844. The van der Waals surface area contributed by atoms with Gasteiger partial charge in [0.1, 0.15) is 17.1 Å². The molecule has 1 heterocycles. The summed E-state index contributed by atoms with van der Waals surface area (Å²) in [5, 5.41) is 1.10. The molecule has 122 valence electrons. The highest BCUT2D eigenvalue weighted by Crippen LogP contribution is 2.24. The normalized spacial score (nSPS) is 15.8. The van der Waals surface area contributed by atoms with Crippen molar-refractivity contribution in [1.29, 1.82) is 0 Å². The maximum atomic E-state index is 13.0. The zero-order chi connectivity index (χ0) is 17.3. The summed E-state index contributed by atoms with van der Waals surface area (Å²) in [6, 6.07) is 10.7. The van der Waals surface area contributed by atoms with Crippen LogP contribution in [0.15, 0.2) is 48.0 Å². The third-order valence-electron chi connectivity index (χ3n) is 3.71. The van der Waals surface area contributed by atoms with E-state index in [9.17, 15) is 14.0 Å². The summed E-state index contributed by atoms with van der Waals surface area (Å²) in [5.74, 6) is -0.675. The van der Waals surface area contributed by atoms with Crippen molar-refractivity contribution < 1.29 is 18.7 Å². The fraction of sp³-hybridized carbons (Fsp3) is 0.111. The second-order valence-corrected chi connectivity index (χ2v) is 5.34. The molecule has 2 amide bonds. The Morgan fingerprint density at radius 1 is 1.12 bits per heavy atom. The molecule has 1 aliphatic heterocycles. The number of carbonyl (C=O) groups excluding carboxylic acids is 2. The fourth-order valence-corrected chi connectivity index (χ4v) is 2.49. The molecule has 3 rings (SSSR count). The van der Waals surface area contributed by atoms with Crippen LogP contribution in [0.25, 0.3) is 6.08 Å². The standard InChI is InChI=1S/C18H15FN2O3/c1-11-9-12(3-8-16(11)24-2)10-15-17(22)20-21(18(15)23)14-6-4-13(19)5-7-14/h3-10H,1-2H3,(H,20,22). The lowest BCUT2D eigenvalue weighted by Crippen LogP contribution is -2.35. The van der Waals surface area contributed by atoms with Crippen molar-refractivity contribution in [2.75, 3.05) is 12.1 Å². The molecule has 0 radical (unpaired) electrons. The highest BCUT2D eigenvalue weighted by atomic mass is 19.1. The minimum absolute atomic E-state index is 0.0175. The van der Waals surface area contributed by atoms with Crippen LogP contribution in [0.1, 0.15) is 11.1 Å². The van der Waals surface area contributed by atoms with Crippen molar-refractivity contribution in [3.05, 3.63) is 65.0 Å². The SMILES string of the molecule is COc1ccc(C=C2C(=O)NN(c3ccc(F)cc3)C2=O)cc1C. The van der Waals surface area contributed by atoms with Crippen LogP contribution in [0, 0.1) is 12.7 Å². The lowest BCUT2D eigenvalue weighted by molar-refractivity contribution is -0.117. The number of nitrogens with one attached hydrogen (secondary N) is 1. The van der Waals surface area contributed by atoms with Crippen molar-refractivity contribution in [2.45, 2.75) is 6.92 Å². The van der Waals surface area contributed by atoms with E-state index in [1.807, 2.05) is 13.0 Å². The first-order valence-electron chi connectivity index (χ1n) is 7.27. The summed E-state index contributed by atoms with van der Waals surface area (Å²) < 4.78 is 18.2. The van der Waals surface area contributed by atoms with Gasteiger partial charge in [0.2, 0.25) is 0 Å². The number of carbonyl (C=O) groups is 2. The molecule has 0 atom stereocenters. The van der Waals surface area contributed by atoms with Crippen LogP contribution in [-0.4, -0.2) is 18.9 Å². The first-order chi connectivity index (χ1) is 11.5. The number of hydrazine groups is 1. The van der Waals surface area contributed by atoms with E-state index in [1.165, 1.54) is 30.3 Å². The number of benzene rings is 2. The Morgan fingerprint density at radius 2 is 1.83 bits per heavy atom. The molecule has 1 N–H and O–H groups in total. The zero-order valence-electron chi connectivity index (χ0n) is 13.2. The van der Waals surface area contributed by atoms with Gasteiger partial charge in [0.25, 0.3) is 11.8 Å². The molecule has 2 aromatic carbocycles. The van der Waals surface area contributed by atoms with Gasteiger partial charge >= 0.3 is 0 Å². The summed E-state index contributed by atoms with van der Waals surface area (Å²) in [6.07, 6.45) is 1.52. The zero-order valence-corrected chi connectivity index (χ0v) is 13.2. The molecule has 0 bridgehead atoms. The van der Waals surface area contributed by atoms with Gasteiger partial charge in [-0.2, -0.15) is 0 Å². The number of rotatable bonds is 3. The summed E-state index contributed by atoms with van der Waals surface area (Å²) in [6.45, 7) is 1.88. The van der Waals surface area contributed by atoms with Gasteiger partial charge in [0.15, 0.2) is 0 Å². The molecule has 1 aliphatic rings. The van der Waals surface area contributed by atoms with Gasteiger partial charge in [-0.25, -0.2) is 9.40 Å². The Morgan fingerprint density at radius 3 is 2.46 bits per heavy atom. The number of aryl methyl sites for hydroxylation is 1. The molecule has 0 unspecified atom stereocenters. The molecule has 24 heavy (non-hydrogen) atoms. The minimum Gasteiger partial charge on any atom is -0.496 e. The van der Waals surface area contributed by atoms with Gasteiger partial charge in [0.05, 0.1) is 12.8 Å². The maximum absolute atomic E-state index is 13.0. The van der Waals surface area contributed by atoms with Crippen molar-refractivity contribution in [3.8, 4) is 5.75 Å². The van der Waals surface area contributed by atoms with Crippen LogP contribution >= 0.6 is 0 Å². The molecule has 0 aromatic heterocycles. The average molecular weight is 326 g/mol. The van der Waals surface area contributed by atoms with E-state index in [1.54, 1.807) is 19.2 Å². The molecule has 5 nitrogen and oxygen atoms in total. The maximum Gasteiger partial charge on any atom is 0.282 e. The second kappa shape index (κ2) is 6.16. The molecule has 1 saturated heterocycles. The Hall–Kier alpha value is -3.15. The third kappa shape index (κ3) is 2.86. The number of hydrogen-bond donors (Lipinski definition) is 1. The predicted molar refractivity (Wildman–Crippen MR) is 87.7 cm³/mol. The average Bonchev–Trinajstić information content (AvgIpc) is 2.84. The number of halogens is 1. The fourth-order valence-electron chi connectivity index (χ4n) is 2.49. The summed E-state index contributed by atoms with van der Waals surface area (Å²) in [4.78, 5) is 24.6. The molecular formula is C18H15FN2O3. The number of amides is 2. The minimum atomic E-state index is -0.502. The molecule has 0 saturated carbocycles. The van der Waals surface area contributed by atoms with Gasteiger partial charge in [0, 0.05) is 0 Å².